The number of nitrogens with one attached hydrogen (secondary N) is 1. The van der Waals surface area contributed by atoms with Crippen molar-refractivity contribution in [1.29, 1.82) is 0 Å². The van der Waals surface area contributed by atoms with Gasteiger partial charge in [0.1, 0.15) is 0 Å². The summed E-state index contributed by atoms with van der Waals surface area (Å²) in [5.41, 5.74) is 4.64. The van der Waals surface area contributed by atoms with E-state index in [9.17, 15) is 0 Å². The zero-order valence-corrected chi connectivity index (χ0v) is 12.9. The Kier molecular flexibility index (Phi) is 4.88. The Balaban J connectivity index is 2.13. The summed E-state index contributed by atoms with van der Waals surface area (Å²) in [6.45, 7) is 4.03. The molecule has 0 amide bonds. The highest BCUT2D eigenvalue weighted by atomic mass is 32.1. The lowest BCUT2D eigenvalue weighted by atomic mass is 9.96. The molecule has 0 spiro atoms. The third-order valence-electron chi connectivity index (χ3n) is 3.57. The van der Waals surface area contributed by atoms with E-state index in [1.165, 1.54) is 0 Å². The predicted molar refractivity (Wildman–Crippen MR) is 83.5 cm³/mol. The molecule has 0 aliphatic rings. The van der Waals surface area contributed by atoms with Gasteiger partial charge < -0.3 is 4.74 Å². The molecule has 0 fully saturated rings. The number of ether oxygens (including phenoxy) is 1. The van der Waals surface area contributed by atoms with Gasteiger partial charge in [-0.2, -0.15) is 0 Å². The Bertz CT molecular complexity index is 539. The number of nitrogens with two attached hydrogens (primary N) is 1. The second-order valence-electron chi connectivity index (χ2n) is 5.22. The van der Waals surface area contributed by atoms with Gasteiger partial charge in [0.2, 0.25) is 0 Å². The summed E-state index contributed by atoms with van der Waals surface area (Å²) >= 11 is 1.65. The van der Waals surface area contributed by atoms with Gasteiger partial charge in [-0.05, 0) is 13.8 Å². The first-order chi connectivity index (χ1) is 9.56. The third kappa shape index (κ3) is 3.43. The number of thiazole rings is 1. The lowest BCUT2D eigenvalue weighted by molar-refractivity contribution is -0.0101. The van der Waals surface area contributed by atoms with E-state index in [1.807, 2.05) is 32.0 Å². The van der Waals surface area contributed by atoms with Gasteiger partial charge in [-0.15, -0.1) is 11.3 Å². The van der Waals surface area contributed by atoms with E-state index in [4.69, 9.17) is 10.6 Å². The number of hydrazine groups is 1. The number of nitrogens with zero attached hydrogens (tertiary/aromatic N) is 1. The second kappa shape index (κ2) is 6.45. The van der Waals surface area contributed by atoms with Crippen LogP contribution in [0.1, 0.15) is 18.9 Å². The van der Waals surface area contributed by atoms with Gasteiger partial charge in [0.05, 0.1) is 22.3 Å². The summed E-state index contributed by atoms with van der Waals surface area (Å²) in [5, 5.41) is 3.13. The minimum Gasteiger partial charge on any atom is -0.377 e. The van der Waals surface area contributed by atoms with Crippen LogP contribution in [-0.2, 0) is 11.2 Å². The van der Waals surface area contributed by atoms with Crippen LogP contribution in [0.15, 0.2) is 35.7 Å². The molecule has 20 heavy (non-hydrogen) atoms. The van der Waals surface area contributed by atoms with Crippen LogP contribution < -0.4 is 11.3 Å². The standard InChI is InChI=1S/C15H21N3OS/c1-15(2,19-3)13(18-16)9-14-17-12(10-20-14)11-7-5-4-6-8-11/h4-8,10,13,18H,9,16H2,1-3H3. The predicted octanol–water partition coefficient (Wildman–Crippen LogP) is 2.61. The highest BCUT2D eigenvalue weighted by Gasteiger charge is 2.29. The molecular formula is C15H21N3OS. The van der Waals surface area contributed by atoms with Crippen LogP contribution in [0.5, 0.6) is 0 Å². The maximum atomic E-state index is 5.65. The quantitative estimate of drug-likeness (QED) is 0.634. The molecule has 0 saturated heterocycles. The fourth-order valence-corrected chi connectivity index (χ4v) is 2.82. The molecule has 1 aromatic carbocycles. The molecule has 2 rings (SSSR count). The van der Waals surface area contributed by atoms with E-state index < -0.39 is 0 Å². The van der Waals surface area contributed by atoms with E-state index in [2.05, 4.69) is 27.9 Å². The molecule has 4 nitrogen and oxygen atoms in total. The Morgan fingerprint density at radius 1 is 1.35 bits per heavy atom. The van der Waals surface area contributed by atoms with Crippen LogP contribution in [0, 0.1) is 0 Å². The number of methoxy groups -OCH3 is 1. The van der Waals surface area contributed by atoms with Gasteiger partial charge in [0.15, 0.2) is 0 Å². The summed E-state index contributed by atoms with van der Waals surface area (Å²) < 4.78 is 5.49. The molecule has 3 N–H and O–H groups in total. The van der Waals surface area contributed by atoms with Crippen LogP contribution in [0.3, 0.4) is 0 Å². The fourth-order valence-electron chi connectivity index (χ4n) is 1.97. The van der Waals surface area contributed by atoms with Crippen LogP contribution >= 0.6 is 11.3 Å². The van der Waals surface area contributed by atoms with Gasteiger partial charge in [0.25, 0.3) is 0 Å². The maximum Gasteiger partial charge on any atom is 0.0949 e. The van der Waals surface area contributed by atoms with Crippen LogP contribution in [0.25, 0.3) is 11.3 Å². The minimum atomic E-state index is -0.340. The first-order valence-corrected chi connectivity index (χ1v) is 7.46. The second-order valence-corrected chi connectivity index (χ2v) is 6.17. The van der Waals surface area contributed by atoms with E-state index in [-0.39, 0.29) is 11.6 Å². The average Bonchev–Trinajstić information content (AvgIpc) is 2.94. The van der Waals surface area contributed by atoms with Crippen molar-refractivity contribution < 1.29 is 4.74 Å². The van der Waals surface area contributed by atoms with Crippen LogP contribution in [0.2, 0.25) is 0 Å². The smallest absolute Gasteiger partial charge is 0.0949 e. The molecule has 0 radical (unpaired) electrons. The Hall–Kier alpha value is -1.27. The summed E-state index contributed by atoms with van der Waals surface area (Å²) in [6, 6.07) is 10.2. The fraction of sp³-hybridized carbons (Fsp3) is 0.400. The molecule has 1 aromatic heterocycles. The molecule has 1 atom stereocenters. The summed E-state index contributed by atoms with van der Waals surface area (Å²) in [6.07, 6.45) is 0.745. The minimum absolute atomic E-state index is 0.0160. The van der Waals surface area contributed by atoms with Crippen molar-refractivity contribution in [3.63, 3.8) is 0 Å². The zero-order valence-electron chi connectivity index (χ0n) is 12.1. The van der Waals surface area contributed by atoms with Crippen molar-refractivity contribution in [1.82, 2.24) is 10.4 Å². The van der Waals surface area contributed by atoms with Crippen LogP contribution in [-0.4, -0.2) is 23.7 Å². The number of hydrogen-bond donors (Lipinski definition) is 2. The molecule has 2 aromatic rings. The Labute approximate surface area is 124 Å². The Morgan fingerprint density at radius 3 is 2.65 bits per heavy atom. The molecule has 0 aliphatic carbocycles. The molecule has 0 aliphatic heterocycles. The van der Waals surface area contributed by atoms with Crippen molar-refractivity contribution >= 4 is 11.3 Å². The van der Waals surface area contributed by atoms with E-state index in [0.29, 0.717) is 0 Å². The van der Waals surface area contributed by atoms with Crippen molar-refractivity contribution in [3.05, 3.63) is 40.7 Å². The molecule has 108 valence electrons. The lowest BCUT2D eigenvalue weighted by Gasteiger charge is -2.31. The zero-order chi connectivity index (χ0) is 14.6. The average molecular weight is 291 g/mol. The van der Waals surface area contributed by atoms with Gasteiger partial charge >= 0.3 is 0 Å². The number of benzene rings is 1. The SMILES string of the molecule is COC(C)(C)C(Cc1nc(-c2ccccc2)cs1)NN. The third-order valence-corrected chi connectivity index (χ3v) is 4.44. The van der Waals surface area contributed by atoms with Crippen molar-refractivity contribution in [2.75, 3.05) is 7.11 Å². The molecule has 1 heterocycles. The largest absolute Gasteiger partial charge is 0.377 e. The molecule has 0 bridgehead atoms. The van der Waals surface area contributed by atoms with Crippen LogP contribution in [0.4, 0.5) is 0 Å². The van der Waals surface area contributed by atoms with E-state index >= 15 is 0 Å². The number of hydrogen-bond acceptors (Lipinski definition) is 5. The summed E-state index contributed by atoms with van der Waals surface area (Å²) in [5.74, 6) is 5.65. The highest BCUT2D eigenvalue weighted by Crippen LogP contribution is 2.24. The first-order valence-electron chi connectivity index (χ1n) is 6.58. The van der Waals surface area contributed by atoms with Crippen molar-refractivity contribution in [2.45, 2.75) is 31.9 Å². The van der Waals surface area contributed by atoms with Crippen molar-refractivity contribution in [2.24, 2.45) is 5.84 Å². The topological polar surface area (TPSA) is 60.2 Å². The molecule has 1 unspecified atom stereocenters. The van der Waals surface area contributed by atoms with E-state index in [0.717, 1.165) is 22.7 Å². The van der Waals surface area contributed by atoms with Gasteiger partial charge in [-0.25, -0.2) is 4.98 Å². The highest BCUT2D eigenvalue weighted by molar-refractivity contribution is 7.09. The normalized spacial score (nSPS) is 13.4. The summed E-state index contributed by atoms with van der Waals surface area (Å²) in [4.78, 5) is 4.68. The first kappa shape index (κ1) is 15.1. The summed E-state index contributed by atoms with van der Waals surface area (Å²) in [7, 11) is 1.70. The number of rotatable bonds is 6. The van der Waals surface area contributed by atoms with Gasteiger partial charge in [0, 0.05) is 24.5 Å². The maximum absolute atomic E-state index is 5.65. The van der Waals surface area contributed by atoms with E-state index in [1.54, 1.807) is 18.4 Å². The Morgan fingerprint density at radius 2 is 2.05 bits per heavy atom. The molecule has 5 heteroatoms. The van der Waals surface area contributed by atoms with Crippen molar-refractivity contribution in [3.8, 4) is 11.3 Å². The monoisotopic (exact) mass is 291 g/mol. The van der Waals surface area contributed by atoms with Gasteiger partial charge in [-0.1, -0.05) is 30.3 Å². The lowest BCUT2D eigenvalue weighted by Crippen LogP contribution is -2.52. The number of aromatic nitrogens is 1. The molecule has 0 saturated carbocycles. The molecular weight excluding hydrogens is 270 g/mol. The van der Waals surface area contributed by atoms with Gasteiger partial charge in [-0.3, -0.25) is 11.3 Å².